The molecule has 3 aromatic heterocycles. The fourth-order valence-corrected chi connectivity index (χ4v) is 3.75. The Hall–Kier alpha value is -3.29. The van der Waals surface area contributed by atoms with Crippen LogP contribution in [0, 0.1) is 6.92 Å². The molecule has 4 rings (SSSR count). The molecule has 1 saturated heterocycles. The number of carbonyl (C=O) groups is 1. The Kier molecular flexibility index (Phi) is 6.32. The van der Waals surface area contributed by atoms with Crippen molar-refractivity contribution < 1.29 is 9.32 Å². The third-order valence-corrected chi connectivity index (χ3v) is 5.35. The summed E-state index contributed by atoms with van der Waals surface area (Å²) in [5.74, 6) is 1.27. The number of pyridine rings is 2. The second-order valence-corrected chi connectivity index (χ2v) is 7.49. The number of aryl methyl sites for hydroxylation is 2. The summed E-state index contributed by atoms with van der Waals surface area (Å²) >= 11 is 0. The van der Waals surface area contributed by atoms with Crippen molar-refractivity contribution >= 4 is 11.6 Å². The van der Waals surface area contributed by atoms with E-state index in [9.17, 15) is 4.79 Å². The Morgan fingerprint density at radius 3 is 2.83 bits per heavy atom. The standard InChI is InChI=1S/C22H26N6O2/c1-17-15-24-10-8-19(17)27-11-4-12-28(14-13-27)21(29)7-2-6-20-25-22(26-30-20)18-5-3-9-23-16-18/h3,5,8-10,15-16H,2,4,6-7,11-14H2,1H3. The van der Waals surface area contributed by atoms with E-state index in [-0.39, 0.29) is 5.91 Å². The SMILES string of the molecule is Cc1cnccc1N1CCCN(C(=O)CCCc2nc(-c3cccnc3)no2)CC1. The van der Waals surface area contributed by atoms with Crippen LogP contribution in [0.5, 0.6) is 0 Å². The van der Waals surface area contributed by atoms with E-state index in [1.807, 2.05) is 29.4 Å². The molecule has 0 saturated carbocycles. The van der Waals surface area contributed by atoms with Gasteiger partial charge in [-0.25, -0.2) is 0 Å². The van der Waals surface area contributed by atoms with Crippen LogP contribution in [-0.2, 0) is 11.2 Å². The molecular weight excluding hydrogens is 380 g/mol. The van der Waals surface area contributed by atoms with Crippen molar-refractivity contribution in [2.75, 3.05) is 31.1 Å². The first-order valence-electron chi connectivity index (χ1n) is 10.4. The van der Waals surface area contributed by atoms with Gasteiger partial charge in [0.1, 0.15) is 0 Å². The highest BCUT2D eigenvalue weighted by molar-refractivity contribution is 5.76. The van der Waals surface area contributed by atoms with Crippen LogP contribution in [0.4, 0.5) is 5.69 Å². The quantitative estimate of drug-likeness (QED) is 0.622. The van der Waals surface area contributed by atoms with E-state index < -0.39 is 0 Å². The summed E-state index contributed by atoms with van der Waals surface area (Å²) in [6.07, 6.45) is 9.86. The highest BCUT2D eigenvalue weighted by Gasteiger charge is 2.20. The van der Waals surface area contributed by atoms with Gasteiger partial charge in [-0.05, 0) is 43.5 Å². The zero-order chi connectivity index (χ0) is 20.8. The normalized spacial score (nSPS) is 14.6. The molecule has 0 N–H and O–H groups in total. The van der Waals surface area contributed by atoms with Crippen LogP contribution in [-0.4, -0.2) is 57.1 Å². The summed E-state index contributed by atoms with van der Waals surface area (Å²) in [6, 6.07) is 5.78. The van der Waals surface area contributed by atoms with Gasteiger partial charge in [0, 0.05) is 75.1 Å². The van der Waals surface area contributed by atoms with Crippen molar-refractivity contribution in [2.45, 2.75) is 32.6 Å². The maximum absolute atomic E-state index is 12.7. The molecule has 1 aliphatic heterocycles. The van der Waals surface area contributed by atoms with Gasteiger partial charge in [0.15, 0.2) is 0 Å². The minimum atomic E-state index is 0.190. The van der Waals surface area contributed by atoms with Gasteiger partial charge in [0.25, 0.3) is 0 Å². The van der Waals surface area contributed by atoms with Gasteiger partial charge in [-0.3, -0.25) is 14.8 Å². The summed E-state index contributed by atoms with van der Waals surface area (Å²) in [5.41, 5.74) is 3.20. The lowest BCUT2D eigenvalue weighted by Crippen LogP contribution is -2.35. The molecular formula is C22H26N6O2. The average molecular weight is 406 g/mol. The minimum absolute atomic E-state index is 0.190. The molecule has 0 radical (unpaired) electrons. The summed E-state index contributed by atoms with van der Waals surface area (Å²) in [5, 5.41) is 4.00. The molecule has 4 heterocycles. The van der Waals surface area contributed by atoms with Crippen LogP contribution in [0.1, 0.15) is 30.7 Å². The van der Waals surface area contributed by atoms with E-state index in [4.69, 9.17) is 4.52 Å². The van der Waals surface area contributed by atoms with Gasteiger partial charge in [0.05, 0.1) is 0 Å². The Morgan fingerprint density at radius 1 is 1.10 bits per heavy atom. The highest BCUT2D eigenvalue weighted by atomic mass is 16.5. The van der Waals surface area contributed by atoms with Crippen LogP contribution in [0.2, 0.25) is 0 Å². The summed E-state index contributed by atoms with van der Waals surface area (Å²) < 4.78 is 5.32. The molecule has 1 amide bonds. The Balaban J connectivity index is 1.26. The topological polar surface area (TPSA) is 88.3 Å². The fourth-order valence-electron chi connectivity index (χ4n) is 3.75. The fraction of sp³-hybridized carbons (Fsp3) is 0.409. The van der Waals surface area contributed by atoms with Crippen molar-refractivity contribution in [2.24, 2.45) is 0 Å². The molecule has 8 nitrogen and oxygen atoms in total. The number of nitrogens with zero attached hydrogens (tertiary/aromatic N) is 6. The number of anilines is 1. The van der Waals surface area contributed by atoms with Crippen LogP contribution in [0.3, 0.4) is 0 Å². The first-order chi connectivity index (χ1) is 14.7. The third-order valence-electron chi connectivity index (χ3n) is 5.35. The van der Waals surface area contributed by atoms with Gasteiger partial charge in [0.2, 0.25) is 17.6 Å². The lowest BCUT2D eigenvalue weighted by molar-refractivity contribution is -0.131. The smallest absolute Gasteiger partial charge is 0.226 e. The number of amides is 1. The average Bonchev–Trinajstić information content (AvgIpc) is 3.11. The zero-order valence-corrected chi connectivity index (χ0v) is 17.2. The van der Waals surface area contributed by atoms with Gasteiger partial charge < -0.3 is 14.3 Å². The molecule has 1 aliphatic rings. The first-order valence-corrected chi connectivity index (χ1v) is 10.4. The van der Waals surface area contributed by atoms with Crippen molar-refractivity contribution in [3.05, 3.63) is 54.4 Å². The van der Waals surface area contributed by atoms with Crippen molar-refractivity contribution in [1.82, 2.24) is 25.0 Å². The van der Waals surface area contributed by atoms with Gasteiger partial charge in [-0.1, -0.05) is 5.16 Å². The van der Waals surface area contributed by atoms with Crippen molar-refractivity contribution in [3.8, 4) is 11.4 Å². The number of rotatable bonds is 6. The van der Waals surface area contributed by atoms with Crippen LogP contribution in [0.25, 0.3) is 11.4 Å². The predicted octanol–water partition coefficient (Wildman–Crippen LogP) is 2.90. The molecule has 156 valence electrons. The minimum Gasteiger partial charge on any atom is -0.369 e. The monoisotopic (exact) mass is 406 g/mol. The molecule has 3 aromatic rings. The maximum atomic E-state index is 12.7. The van der Waals surface area contributed by atoms with Crippen molar-refractivity contribution in [1.29, 1.82) is 0 Å². The molecule has 8 heteroatoms. The number of hydrogen-bond acceptors (Lipinski definition) is 7. The summed E-state index contributed by atoms with van der Waals surface area (Å²) in [6.45, 7) is 5.41. The molecule has 1 fully saturated rings. The lowest BCUT2D eigenvalue weighted by atomic mass is 10.2. The van der Waals surface area contributed by atoms with Crippen LogP contribution >= 0.6 is 0 Å². The number of hydrogen-bond donors (Lipinski definition) is 0. The Morgan fingerprint density at radius 2 is 2.00 bits per heavy atom. The molecule has 0 aromatic carbocycles. The van der Waals surface area contributed by atoms with E-state index in [1.54, 1.807) is 12.4 Å². The zero-order valence-electron chi connectivity index (χ0n) is 17.2. The maximum Gasteiger partial charge on any atom is 0.226 e. The molecule has 30 heavy (non-hydrogen) atoms. The summed E-state index contributed by atoms with van der Waals surface area (Å²) in [4.78, 5) is 29.7. The van der Waals surface area contributed by atoms with E-state index in [0.29, 0.717) is 31.0 Å². The van der Waals surface area contributed by atoms with E-state index in [2.05, 4.69) is 38.0 Å². The number of carbonyl (C=O) groups excluding carboxylic acids is 1. The Labute approximate surface area is 175 Å². The predicted molar refractivity (Wildman–Crippen MR) is 113 cm³/mol. The van der Waals surface area contributed by atoms with Gasteiger partial charge >= 0.3 is 0 Å². The Bertz CT molecular complexity index is 975. The van der Waals surface area contributed by atoms with Crippen LogP contribution < -0.4 is 4.90 Å². The van der Waals surface area contributed by atoms with Gasteiger partial charge in [-0.15, -0.1) is 0 Å². The van der Waals surface area contributed by atoms with Crippen molar-refractivity contribution in [3.63, 3.8) is 0 Å². The molecule has 0 unspecified atom stereocenters. The highest BCUT2D eigenvalue weighted by Crippen LogP contribution is 2.20. The van der Waals surface area contributed by atoms with E-state index in [1.165, 1.54) is 11.3 Å². The first kappa shape index (κ1) is 20.0. The second-order valence-electron chi connectivity index (χ2n) is 7.49. The third kappa shape index (κ3) is 4.82. The molecule has 0 atom stereocenters. The largest absolute Gasteiger partial charge is 0.369 e. The lowest BCUT2D eigenvalue weighted by Gasteiger charge is -2.25. The molecule has 0 spiro atoms. The second kappa shape index (κ2) is 9.47. The van der Waals surface area contributed by atoms with E-state index in [0.717, 1.165) is 38.2 Å². The van der Waals surface area contributed by atoms with Gasteiger partial charge in [-0.2, -0.15) is 4.98 Å². The molecule has 0 bridgehead atoms. The summed E-state index contributed by atoms with van der Waals surface area (Å²) in [7, 11) is 0. The number of aromatic nitrogens is 4. The molecule has 0 aliphatic carbocycles. The van der Waals surface area contributed by atoms with Crippen LogP contribution in [0.15, 0.2) is 47.5 Å². The van der Waals surface area contributed by atoms with E-state index >= 15 is 0 Å².